The summed E-state index contributed by atoms with van der Waals surface area (Å²) >= 11 is 0. The summed E-state index contributed by atoms with van der Waals surface area (Å²) in [6, 6.07) is 3.72. The first kappa shape index (κ1) is 28.3. The molecule has 1 atom stereocenters. The van der Waals surface area contributed by atoms with E-state index in [1.165, 1.54) is 19.8 Å². The van der Waals surface area contributed by atoms with Crippen molar-refractivity contribution >= 4 is 34.3 Å². The van der Waals surface area contributed by atoms with Gasteiger partial charge in [-0.25, -0.2) is 0 Å². The Labute approximate surface area is 236 Å². The van der Waals surface area contributed by atoms with E-state index < -0.39 is 5.54 Å². The van der Waals surface area contributed by atoms with Crippen LogP contribution in [0.15, 0.2) is 12.1 Å². The molecule has 1 aromatic carbocycles. The third-order valence-electron chi connectivity index (χ3n) is 9.16. The fourth-order valence-corrected chi connectivity index (χ4v) is 7.12. The molecule has 1 aromatic heterocycles. The molecule has 1 unspecified atom stereocenters. The van der Waals surface area contributed by atoms with Crippen LogP contribution in [-0.4, -0.2) is 59.0 Å². The van der Waals surface area contributed by atoms with E-state index in [1.807, 2.05) is 22.5 Å². The van der Waals surface area contributed by atoms with Gasteiger partial charge >= 0.3 is 0 Å². The smallest absolute Gasteiger partial charge is 0.273 e. The molecule has 0 spiro atoms. The highest BCUT2D eigenvalue weighted by molar-refractivity contribution is 6.15. The quantitative estimate of drug-likeness (QED) is 0.468. The number of hydrogen-bond donors (Lipinski definition) is 2. The SMILES string of the molecule is COc1cc2c(NC(C)=O)c3n(c2cc1OC)CC(C)(C(=O)NC1CCCCCC1)N(C1CCCCCC1)C3=O. The Balaban J connectivity index is 1.67. The van der Waals surface area contributed by atoms with E-state index in [1.54, 1.807) is 20.3 Å². The predicted molar refractivity (Wildman–Crippen MR) is 155 cm³/mol. The molecule has 2 saturated carbocycles. The number of aromatic nitrogens is 1. The summed E-state index contributed by atoms with van der Waals surface area (Å²) in [4.78, 5) is 43.2. The Morgan fingerprint density at radius 1 is 0.900 bits per heavy atom. The summed E-state index contributed by atoms with van der Waals surface area (Å²) in [7, 11) is 3.13. The van der Waals surface area contributed by atoms with Crippen LogP contribution in [0.3, 0.4) is 0 Å². The van der Waals surface area contributed by atoms with Crippen LogP contribution in [0.4, 0.5) is 5.69 Å². The number of carbonyl (C=O) groups is 3. The van der Waals surface area contributed by atoms with Crippen molar-refractivity contribution in [2.24, 2.45) is 0 Å². The Hall–Kier alpha value is -3.23. The van der Waals surface area contributed by atoms with Gasteiger partial charge in [0.2, 0.25) is 11.8 Å². The van der Waals surface area contributed by atoms with Gasteiger partial charge in [-0.1, -0.05) is 51.4 Å². The lowest BCUT2D eigenvalue weighted by molar-refractivity contribution is -0.135. The Morgan fingerprint density at radius 2 is 1.48 bits per heavy atom. The largest absolute Gasteiger partial charge is 0.493 e. The van der Waals surface area contributed by atoms with Crippen LogP contribution in [0, 0.1) is 0 Å². The molecule has 2 N–H and O–H groups in total. The number of methoxy groups -OCH3 is 2. The third-order valence-corrected chi connectivity index (χ3v) is 9.16. The number of amides is 3. The highest BCUT2D eigenvalue weighted by atomic mass is 16.5. The maximum Gasteiger partial charge on any atom is 0.273 e. The maximum absolute atomic E-state index is 14.7. The van der Waals surface area contributed by atoms with Gasteiger partial charge < -0.3 is 29.6 Å². The molecular weight excluding hydrogens is 508 g/mol. The van der Waals surface area contributed by atoms with Gasteiger partial charge in [-0.05, 0) is 38.7 Å². The van der Waals surface area contributed by atoms with Crippen LogP contribution in [0.5, 0.6) is 11.5 Å². The van der Waals surface area contributed by atoms with E-state index in [0.717, 1.165) is 69.7 Å². The Kier molecular flexibility index (Phi) is 8.29. The second-order valence-electron chi connectivity index (χ2n) is 12.0. The van der Waals surface area contributed by atoms with Gasteiger partial charge in [0, 0.05) is 30.5 Å². The van der Waals surface area contributed by atoms with Gasteiger partial charge in [-0.3, -0.25) is 14.4 Å². The molecule has 1 aliphatic heterocycles. The standard InChI is InChI=1S/C31H44N4O5/c1-20(36)32-27-23-17-25(39-3)26(40-4)18-24(23)34-19-31(2,30(38)33-21-13-9-5-6-10-14-21)35(29(37)28(27)34)22-15-11-7-8-12-16-22/h17-18,21-22H,5-16,19H2,1-4H3,(H,32,36)(H,33,38). The molecule has 3 aliphatic rings. The number of benzene rings is 1. The lowest BCUT2D eigenvalue weighted by Gasteiger charge is -2.48. The highest BCUT2D eigenvalue weighted by Crippen LogP contribution is 2.44. The second kappa shape index (κ2) is 11.7. The fraction of sp³-hybridized carbons (Fsp3) is 0.645. The minimum atomic E-state index is -1.09. The van der Waals surface area contributed by atoms with Crippen molar-refractivity contribution < 1.29 is 23.9 Å². The lowest BCUT2D eigenvalue weighted by atomic mass is 9.89. The topological polar surface area (TPSA) is 102 Å². The molecule has 0 saturated heterocycles. The molecule has 2 fully saturated rings. The third kappa shape index (κ3) is 5.15. The average molecular weight is 553 g/mol. The van der Waals surface area contributed by atoms with E-state index in [-0.39, 0.29) is 36.3 Å². The van der Waals surface area contributed by atoms with Crippen LogP contribution in [0.1, 0.15) is 101 Å². The van der Waals surface area contributed by atoms with Gasteiger partial charge in [0.25, 0.3) is 5.91 Å². The average Bonchev–Trinajstić information content (AvgIpc) is 3.20. The number of rotatable bonds is 6. The van der Waals surface area contributed by atoms with E-state index in [2.05, 4.69) is 10.6 Å². The summed E-state index contributed by atoms with van der Waals surface area (Å²) in [6.07, 6.45) is 12.7. The maximum atomic E-state index is 14.7. The summed E-state index contributed by atoms with van der Waals surface area (Å²) in [6.45, 7) is 3.65. The zero-order chi connectivity index (χ0) is 28.4. The Morgan fingerprint density at radius 3 is 2.05 bits per heavy atom. The van der Waals surface area contributed by atoms with Gasteiger partial charge in [0.05, 0.1) is 32.0 Å². The first-order valence-corrected chi connectivity index (χ1v) is 15.0. The Bertz CT molecular complexity index is 1270. The number of anilines is 1. The van der Waals surface area contributed by atoms with Crippen LogP contribution < -0.4 is 20.1 Å². The molecule has 9 heteroatoms. The minimum absolute atomic E-state index is 0.0408. The van der Waals surface area contributed by atoms with Crippen molar-refractivity contribution in [1.82, 2.24) is 14.8 Å². The fourth-order valence-electron chi connectivity index (χ4n) is 7.12. The molecule has 9 nitrogen and oxygen atoms in total. The zero-order valence-corrected chi connectivity index (χ0v) is 24.4. The van der Waals surface area contributed by atoms with Gasteiger partial charge in [-0.2, -0.15) is 0 Å². The minimum Gasteiger partial charge on any atom is -0.493 e. The predicted octanol–water partition coefficient (Wildman–Crippen LogP) is 5.39. The number of carbonyl (C=O) groups excluding carboxylic acids is 3. The molecule has 2 aromatic rings. The first-order chi connectivity index (χ1) is 19.3. The first-order valence-electron chi connectivity index (χ1n) is 15.0. The van der Waals surface area contributed by atoms with Crippen molar-refractivity contribution in [1.29, 1.82) is 0 Å². The van der Waals surface area contributed by atoms with E-state index in [9.17, 15) is 14.4 Å². The number of nitrogens with zero attached hydrogens (tertiary/aromatic N) is 2. The molecule has 0 radical (unpaired) electrons. The van der Waals surface area contributed by atoms with Crippen molar-refractivity contribution in [2.75, 3.05) is 19.5 Å². The molecule has 2 aliphatic carbocycles. The summed E-state index contributed by atoms with van der Waals surface area (Å²) in [5.41, 5.74) is 0.499. The number of nitrogens with one attached hydrogen (secondary N) is 2. The molecule has 3 amide bonds. The van der Waals surface area contributed by atoms with Crippen molar-refractivity contribution in [3.05, 3.63) is 17.8 Å². The highest BCUT2D eigenvalue weighted by Gasteiger charge is 2.51. The van der Waals surface area contributed by atoms with Gasteiger partial charge in [0.15, 0.2) is 11.5 Å². The second-order valence-corrected chi connectivity index (χ2v) is 12.0. The molecule has 218 valence electrons. The summed E-state index contributed by atoms with van der Waals surface area (Å²) in [5.74, 6) is 0.457. The van der Waals surface area contributed by atoms with Crippen molar-refractivity contribution in [2.45, 2.75) is 115 Å². The van der Waals surface area contributed by atoms with Crippen molar-refractivity contribution in [3.8, 4) is 11.5 Å². The van der Waals surface area contributed by atoms with E-state index in [0.29, 0.717) is 28.3 Å². The van der Waals surface area contributed by atoms with Crippen LogP contribution >= 0.6 is 0 Å². The zero-order valence-electron chi connectivity index (χ0n) is 24.4. The molecule has 5 rings (SSSR count). The molecule has 40 heavy (non-hydrogen) atoms. The van der Waals surface area contributed by atoms with Gasteiger partial charge in [0.1, 0.15) is 11.2 Å². The lowest BCUT2D eigenvalue weighted by Crippen LogP contribution is -2.67. The molecule has 2 heterocycles. The van der Waals surface area contributed by atoms with Crippen LogP contribution in [0.25, 0.3) is 10.9 Å². The molecular formula is C31H44N4O5. The van der Waals surface area contributed by atoms with Crippen LogP contribution in [-0.2, 0) is 16.1 Å². The van der Waals surface area contributed by atoms with E-state index in [4.69, 9.17) is 9.47 Å². The normalized spacial score (nSPS) is 22.8. The van der Waals surface area contributed by atoms with Crippen LogP contribution in [0.2, 0.25) is 0 Å². The molecule has 0 bridgehead atoms. The van der Waals surface area contributed by atoms with Gasteiger partial charge in [-0.15, -0.1) is 0 Å². The summed E-state index contributed by atoms with van der Waals surface area (Å²) in [5, 5.41) is 6.99. The summed E-state index contributed by atoms with van der Waals surface area (Å²) < 4.78 is 13.1. The number of ether oxygens (including phenoxy) is 2. The number of fused-ring (bicyclic) bond motifs is 3. The van der Waals surface area contributed by atoms with Crippen molar-refractivity contribution in [3.63, 3.8) is 0 Å². The number of hydrogen-bond acceptors (Lipinski definition) is 5. The van der Waals surface area contributed by atoms with E-state index >= 15 is 0 Å². The monoisotopic (exact) mass is 552 g/mol.